The minimum Gasteiger partial charge on any atom is -0.504 e. The maximum absolute atomic E-state index is 13.4. The zero-order chi connectivity index (χ0) is 39.3. The number of nitrogens with zero attached hydrogens (tertiary/aromatic N) is 1. The van der Waals surface area contributed by atoms with Gasteiger partial charge in [0.15, 0.2) is 28.6 Å². The van der Waals surface area contributed by atoms with Gasteiger partial charge in [-0.15, -0.1) is 0 Å². The highest BCUT2D eigenvalue weighted by molar-refractivity contribution is 5.86. The van der Waals surface area contributed by atoms with Crippen molar-refractivity contribution in [3.63, 3.8) is 0 Å². The molecule has 3 heterocycles. The van der Waals surface area contributed by atoms with E-state index in [4.69, 9.17) is 47.9 Å². The van der Waals surface area contributed by atoms with Crippen LogP contribution in [0.4, 0.5) is 0 Å². The highest BCUT2D eigenvalue weighted by atomic mass is 17.2. The van der Waals surface area contributed by atoms with Crippen molar-refractivity contribution >= 4 is 24.2 Å². The number of rotatable bonds is 11. The van der Waals surface area contributed by atoms with Crippen molar-refractivity contribution in [2.24, 2.45) is 22.7 Å². The number of fused-ring (bicyclic) bond motifs is 3. The molecule has 1 unspecified atom stereocenters. The van der Waals surface area contributed by atoms with Gasteiger partial charge in [0, 0.05) is 17.9 Å². The number of methoxy groups -OCH3 is 4. The predicted octanol–water partition coefficient (Wildman–Crippen LogP) is 6.53. The summed E-state index contributed by atoms with van der Waals surface area (Å²) in [5.74, 6) is 0.684. The number of benzene rings is 2. The molecule has 13 nitrogen and oxygen atoms in total. The number of carbonyl (C=O) groups is 2. The molecule has 8 rings (SSSR count). The number of hydrogen-bond donors (Lipinski definition) is 1. The van der Waals surface area contributed by atoms with Gasteiger partial charge in [-0.2, -0.15) is 0 Å². The third-order valence-corrected chi connectivity index (χ3v) is 12.9. The second-order valence-corrected chi connectivity index (χ2v) is 15.8. The zero-order valence-corrected chi connectivity index (χ0v) is 32.8. The van der Waals surface area contributed by atoms with E-state index in [0.717, 1.165) is 30.4 Å². The lowest BCUT2D eigenvalue weighted by atomic mass is 9.52. The quantitative estimate of drug-likeness (QED) is 0.151. The Morgan fingerprint density at radius 1 is 0.909 bits per heavy atom. The maximum atomic E-state index is 13.4. The molecule has 2 aromatic rings. The molecule has 0 amide bonds. The Morgan fingerprint density at radius 2 is 1.64 bits per heavy atom. The Bertz CT molecular complexity index is 1860. The van der Waals surface area contributed by atoms with Crippen LogP contribution in [0.2, 0.25) is 0 Å². The molecule has 6 aliphatic rings. The fraction of sp³-hybridized carbons (Fsp3) is 0.595. The number of hydrogen-bond acceptors (Lipinski definition) is 13. The predicted molar refractivity (Wildman–Crippen MR) is 201 cm³/mol. The molecule has 2 saturated carbocycles. The number of carbonyl (C=O) groups excluding carboxylic acids is 2. The van der Waals surface area contributed by atoms with Crippen LogP contribution in [0.5, 0.6) is 28.7 Å². The first-order chi connectivity index (χ1) is 26.4. The molecule has 55 heavy (non-hydrogen) atoms. The van der Waals surface area contributed by atoms with Crippen LogP contribution in [-0.4, -0.2) is 87.4 Å². The van der Waals surface area contributed by atoms with Crippen LogP contribution < -0.4 is 18.9 Å². The molecule has 1 spiro atoms. The summed E-state index contributed by atoms with van der Waals surface area (Å²) in [6, 6.07) is 6.92. The molecular formula is C42H53NO12. The Balaban J connectivity index is 1.08. The van der Waals surface area contributed by atoms with Crippen molar-refractivity contribution in [1.29, 1.82) is 0 Å². The standard InChI is InChI=1S/C42H53NO12/c1-23-15-18-41(43-4)24(2)39(52-34-22-40(3)17-16-30(23)42(34,41)55-54-40)53-36(46)14-13-35(45)51-26-10-11-27-29(21-33(48-6)38(50-8)37(27)49-7)28(20-26)25-9-12-32(47-5)31(44)19-25/h9,12,19-21,23-24,26,30,34,39,44H,4,10-11,13-18,22H2,1-3,5-8H3/t23-,24+,26?,30+,34-,39+,40-,41-,42+/m1/s1. The fourth-order valence-electron chi connectivity index (χ4n) is 10.0. The molecule has 0 radical (unpaired) electrons. The molecular weight excluding hydrogens is 710 g/mol. The van der Waals surface area contributed by atoms with Crippen molar-refractivity contribution in [3.05, 3.63) is 47.0 Å². The Labute approximate surface area is 322 Å². The van der Waals surface area contributed by atoms with Crippen LogP contribution in [0.1, 0.15) is 88.8 Å². The number of aliphatic imine (C=N–C) groups is 1. The third kappa shape index (κ3) is 6.41. The van der Waals surface area contributed by atoms with E-state index in [-0.39, 0.29) is 30.4 Å². The van der Waals surface area contributed by atoms with E-state index in [1.807, 2.05) is 32.1 Å². The molecule has 5 fully saturated rings. The van der Waals surface area contributed by atoms with Crippen LogP contribution >= 0.6 is 0 Å². The molecule has 2 bridgehead atoms. The van der Waals surface area contributed by atoms with E-state index in [2.05, 4.69) is 13.6 Å². The van der Waals surface area contributed by atoms with E-state index in [9.17, 15) is 14.7 Å². The van der Waals surface area contributed by atoms with Crippen molar-refractivity contribution < 1.29 is 57.6 Å². The largest absolute Gasteiger partial charge is 0.504 e. The topological polar surface area (TPSA) is 150 Å². The third-order valence-electron chi connectivity index (χ3n) is 12.9. The van der Waals surface area contributed by atoms with Gasteiger partial charge in [-0.25, -0.2) is 9.78 Å². The average molecular weight is 764 g/mol. The van der Waals surface area contributed by atoms with Gasteiger partial charge in [-0.05, 0) is 105 Å². The van der Waals surface area contributed by atoms with E-state index in [0.29, 0.717) is 65.7 Å². The lowest BCUT2D eigenvalue weighted by Crippen LogP contribution is -2.77. The Morgan fingerprint density at radius 3 is 2.31 bits per heavy atom. The van der Waals surface area contributed by atoms with E-state index in [1.165, 1.54) is 7.11 Å². The molecule has 1 N–H and O–H groups in total. The molecule has 9 atom stereocenters. The minimum atomic E-state index is -0.902. The minimum absolute atomic E-state index is 0.0492. The fourth-order valence-corrected chi connectivity index (χ4v) is 10.0. The average Bonchev–Trinajstić information content (AvgIpc) is 3.52. The van der Waals surface area contributed by atoms with Crippen LogP contribution in [0.15, 0.2) is 35.3 Å². The zero-order valence-electron chi connectivity index (χ0n) is 32.8. The maximum Gasteiger partial charge on any atom is 0.308 e. The van der Waals surface area contributed by atoms with Gasteiger partial charge in [0.25, 0.3) is 0 Å². The number of phenolic OH excluding ortho intramolecular Hbond substituents is 1. The van der Waals surface area contributed by atoms with Crippen LogP contribution in [0.3, 0.4) is 0 Å². The first-order valence-electron chi connectivity index (χ1n) is 19.2. The van der Waals surface area contributed by atoms with Gasteiger partial charge < -0.3 is 38.3 Å². The monoisotopic (exact) mass is 763 g/mol. The lowest BCUT2D eigenvalue weighted by Gasteiger charge is -2.65. The molecule has 0 aromatic heterocycles. The smallest absolute Gasteiger partial charge is 0.308 e. The summed E-state index contributed by atoms with van der Waals surface area (Å²) >= 11 is 0. The van der Waals surface area contributed by atoms with Crippen molar-refractivity contribution in [2.75, 3.05) is 28.4 Å². The summed E-state index contributed by atoms with van der Waals surface area (Å²) in [6.45, 7) is 10.3. The number of phenols is 1. The lowest BCUT2D eigenvalue weighted by molar-refractivity contribution is -0.496. The Kier molecular flexibility index (Phi) is 10.6. The second-order valence-electron chi connectivity index (χ2n) is 15.8. The van der Waals surface area contributed by atoms with Crippen molar-refractivity contribution in [2.45, 2.75) is 114 Å². The summed E-state index contributed by atoms with van der Waals surface area (Å²) in [4.78, 5) is 44.1. The SMILES string of the molecule is C=N[C@]12CC[C@@H](C)[C@@H]3CC[C@]4(C)C[C@@H](O[C@@H](OC(=O)CCC(=O)OC5C=C(c6ccc(OC)c(O)c6)c6cc(OC)c(OC)c(OC)c6CC5)[C@@H]1C)[C@@]32OO4. The molecule has 3 saturated heterocycles. The summed E-state index contributed by atoms with van der Waals surface area (Å²) in [7, 11) is 6.12. The van der Waals surface area contributed by atoms with Crippen LogP contribution in [0.25, 0.3) is 5.57 Å². The van der Waals surface area contributed by atoms with Gasteiger partial charge in [0.05, 0.1) is 47.4 Å². The summed E-state index contributed by atoms with van der Waals surface area (Å²) < 4.78 is 41.1. The molecule has 2 aromatic carbocycles. The van der Waals surface area contributed by atoms with E-state index in [1.54, 1.807) is 33.5 Å². The van der Waals surface area contributed by atoms with Gasteiger partial charge in [0.2, 0.25) is 12.0 Å². The molecule has 3 aliphatic carbocycles. The van der Waals surface area contributed by atoms with Crippen LogP contribution in [0, 0.1) is 17.8 Å². The number of aromatic hydroxyl groups is 1. The Hall–Kier alpha value is -4.33. The van der Waals surface area contributed by atoms with Gasteiger partial charge in [-0.1, -0.05) is 19.9 Å². The number of ether oxygens (including phenoxy) is 7. The molecule has 298 valence electrons. The second kappa shape index (κ2) is 15.0. The highest BCUT2D eigenvalue weighted by Crippen LogP contribution is 2.64. The molecule has 13 heteroatoms. The van der Waals surface area contributed by atoms with Gasteiger partial charge >= 0.3 is 11.9 Å². The van der Waals surface area contributed by atoms with E-state index < -0.39 is 47.2 Å². The summed E-state index contributed by atoms with van der Waals surface area (Å²) in [5.41, 5.74) is 0.799. The van der Waals surface area contributed by atoms with Crippen molar-refractivity contribution in [3.8, 4) is 28.7 Å². The summed E-state index contributed by atoms with van der Waals surface area (Å²) in [6.07, 6.45) is 4.32. The van der Waals surface area contributed by atoms with Gasteiger partial charge in [0.1, 0.15) is 17.2 Å². The first kappa shape index (κ1) is 38.9. The van der Waals surface area contributed by atoms with Gasteiger partial charge in [-0.3, -0.25) is 14.6 Å². The van der Waals surface area contributed by atoms with Crippen molar-refractivity contribution in [1.82, 2.24) is 0 Å². The highest BCUT2D eigenvalue weighted by Gasteiger charge is 2.75. The molecule has 3 aliphatic heterocycles. The van der Waals surface area contributed by atoms with Crippen LogP contribution in [-0.2, 0) is 40.0 Å². The number of esters is 2. The normalized spacial score (nSPS) is 33.4. The van der Waals surface area contributed by atoms with E-state index >= 15 is 0 Å². The first-order valence-corrected chi connectivity index (χ1v) is 19.2. The summed E-state index contributed by atoms with van der Waals surface area (Å²) in [5, 5.41) is 10.7.